The summed E-state index contributed by atoms with van der Waals surface area (Å²) in [6.07, 6.45) is 2.32. The second-order valence-electron chi connectivity index (χ2n) is 5.94. The summed E-state index contributed by atoms with van der Waals surface area (Å²) >= 11 is 1.67. The minimum absolute atomic E-state index is 0.123. The molecule has 0 saturated carbocycles. The van der Waals surface area contributed by atoms with Crippen LogP contribution in [0, 0.1) is 10.1 Å². The Kier molecular flexibility index (Phi) is 5.30. The first-order valence-corrected chi connectivity index (χ1v) is 8.97. The Morgan fingerprint density at radius 2 is 2.12 bits per heavy atom. The summed E-state index contributed by atoms with van der Waals surface area (Å²) in [4.78, 5) is 26.0. The van der Waals surface area contributed by atoms with E-state index < -0.39 is 16.4 Å². The van der Waals surface area contributed by atoms with Crippen molar-refractivity contribution in [2.45, 2.75) is 18.9 Å². The zero-order chi connectivity index (χ0) is 17.8. The Labute approximate surface area is 149 Å². The van der Waals surface area contributed by atoms with Gasteiger partial charge in [-0.15, -0.1) is 11.3 Å². The van der Waals surface area contributed by atoms with Gasteiger partial charge >= 0.3 is 5.69 Å². The number of rotatable bonds is 6. The minimum Gasteiger partial charge on any atom is -0.502 e. The van der Waals surface area contributed by atoms with Crippen LogP contribution in [0.25, 0.3) is 0 Å². The largest absolute Gasteiger partial charge is 0.502 e. The van der Waals surface area contributed by atoms with Crippen LogP contribution in [0.5, 0.6) is 5.75 Å². The normalized spacial score (nSPS) is 15.8. The maximum atomic E-state index is 12.4. The van der Waals surface area contributed by atoms with E-state index in [1.54, 1.807) is 11.3 Å². The zero-order valence-electron chi connectivity index (χ0n) is 13.6. The van der Waals surface area contributed by atoms with Crippen LogP contribution >= 0.6 is 11.3 Å². The second kappa shape index (κ2) is 7.62. The number of phenols is 1. The maximum absolute atomic E-state index is 12.4. The molecule has 8 heteroatoms. The number of benzene rings is 1. The van der Waals surface area contributed by atoms with Gasteiger partial charge < -0.3 is 10.4 Å². The van der Waals surface area contributed by atoms with Gasteiger partial charge in [0, 0.05) is 23.1 Å². The molecule has 7 nitrogen and oxygen atoms in total. The molecule has 0 bridgehead atoms. The highest BCUT2D eigenvalue weighted by atomic mass is 32.1. The molecule has 0 radical (unpaired) electrons. The van der Waals surface area contributed by atoms with Gasteiger partial charge in [-0.25, -0.2) is 0 Å². The van der Waals surface area contributed by atoms with Gasteiger partial charge in [-0.05, 0) is 49.5 Å². The van der Waals surface area contributed by atoms with Crippen LogP contribution in [-0.4, -0.2) is 40.5 Å². The summed E-state index contributed by atoms with van der Waals surface area (Å²) in [5.74, 6) is -0.863. The van der Waals surface area contributed by atoms with Crippen LogP contribution in [0.3, 0.4) is 0 Å². The molecule has 1 saturated heterocycles. The molecule has 1 fully saturated rings. The molecular weight excluding hydrogens is 342 g/mol. The maximum Gasteiger partial charge on any atom is 0.310 e. The third-order valence-electron chi connectivity index (χ3n) is 4.34. The summed E-state index contributed by atoms with van der Waals surface area (Å²) in [5.41, 5.74) is -0.209. The number of hydrogen-bond donors (Lipinski definition) is 2. The average Bonchev–Trinajstić information content (AvgIpc) is 3.28. The van der Waals surface area contributed by atoms with E-state index in [-0.39, 0.29) is 17.5 Å². The fraction of sp³-hybridized carbons (Fsp3) is 0.353. The van der Waals surface area contributed by atoms with Gasteiger partial charge in [0.15, 0.2) is 5.75 Å². The highest BCUT2D eigenvalue weighted by molar-refractivity contribution is 7.10. The van der Waals surface area contributed by atoms with Gasteiger partial charge in [0.05, 0.1) is 11.0 Å². The predicted octanol–water partition coefficient (Wildman–Crippen LogP) is 2.93. The van der Waals surface area contributed by atoms with Crippen molar-refractivity contribution in [3.8, 4) is 5.75 Å². The van der Waals surface area contributed by atoms with Crippen LogP contribution < -0.4 is 5.32 Å². The number of nitro groups is 1. The van der Waals surface area contributed by atoms with E-state index in [9.17, 15) is 20.0 Å². The van der Waals surface area contributed by atoms with Gasteiger partial charge in [0.2, 0.25) is 0 Å². The van der Waals surface area contributed by atoms with E-state index in [2.05, 4.69) is 16.3 Å². The van der Waals surface area contributed by atoms with E-state index >= 15 is 0 Å². The van der Waals surface area contributed by atoms with Crippen molar-refractivity contribution in [3.05, 3.63) is 56.3 Å². The van der Waals surface area contributed by atoms with E-state index in [4.69, 9.17) is 0 Å². The molecule has 1 aliphatic heterocycles. The highest BCUT2D eigenvalue weighted by Crippen LogP contribution is 2.29. The third kappa shape index (κ3) is 3.97. The molecule has 3 rings (SSSR count). The number of thiophene rings is 1. The molecule has 1 atom stereocenters. The number of carbonyl (C=O) groups is 1. The topological polar surface area (TPSA) is 95.7 Å². The van der Waals surface area contributed by atoms with Gasteiger partial charge in [-0.1, -0.05) is 6.07 Å². The fourth-order valence-corrected chi connectivity index (χ4v) is 3.92. The van der Waals surface area contributed by atoms with Crippen molar-refractivity contribution in [2.75, 3.05) is 19.6 Å². The van der Waals surface area contributed by atoms with Crippen LogP contribution in [0.2, 0.25) is 0 Å². The van der Waals surface area contributed by atoms with Gasteiger partial charge in [-0.2, -0.15) is 0 Å². The van der Waals surface area contributed by atoms with Gasteiger partial charge in [-0.3, -0.25) is 19.8 Å². The molecule has 25 heavy (non-hydrogen) atoms. The number of nitro benzene ring substituents is 1. The van der Waals surface area contributed by atoms with E-state index in [0.717, 1.165) is 38.1 Å². The fourth-order valence-electron chi connectivity index (χ4n) is 3.05. The molecule has 1 aromatic carbocycles. The Morgan fingerprint density at radius 3 is 2.72 bits per heavy atom. The van der Waals surface area contributed by atoms with E-state index in [1.807, 2.05) is 11.4 Å². The van der Waals surface area contributed by atoms with Crippen LogP contribution in [0.4, 0.5) is 5.69 Å². The minimum atomic E-state index is -0.683. The van der Waals surface area contributed by atoms with E-state index in [1.165, 1.54) is 10.9 Å². The number of phenolic OH excluding ortho intramolecular Hbond substituents is 1. The lowest BCUT2D eigenvalue weighted by atomic mass is 10.1. The number of nitrogens with one attached hydrogen (secondary N) is 1. The Balaban J connectivity index is 1.69. The third-order valence-corrected chi connectivity index (χ3v) is 5.32. The molecule has 132 valence electrons. The van der Waals surface area contributed by atoms with Crippen molar-refractivity contribution in [1.29, 1.82) is 0 Å². The molecule has 2 heterocycles. The molecule has 0 spiro atoms. The highest BCUT2D eigenvalue weighted by Gasteiger charge is 2.25. The van der Waals surface area contributed by atoms with Crippen LogP contribution in [-0.2, 0) is 0 Å². The average molecular weight is 361 g/mol. The summed E-state index contributed by atoms with van der Waals surface area (Å²) in [6, 6.07) is 7.81. The molecule has 1 aliphatic rings. The lowest BCUT2D eigenvalue weighted by molar-refractivity contribution is -0.385. The molecule has 2 aromatic rings. The quantitative estimate of drug-likeness (QED) is 0.609. The predicted molar refractivity (Wildman–Crippen MR) is 95.0 cm³/mol. The first kappa shape index (κ1) is 17.4. The molecule has 1 amide bonds. The number of hydrogen-bond acceptors (Lipinski definition) is 6. The number of amides is 1. The number of carbonyl (C=O) groups excluding carboxylic acids is 1. The van der Waals surface area contributed by atoms with Crippen molar-refractivity contribution in [1.82, 2.24) is 10.2 Å². The van der Waals surface area contributed by atoms with Gasteiger partial charge in [0.1, 0.15) is 0 Å². The lowest BCUT2D eigenvalue weighted by Gasteiger charge is -2.26. The van der Waals surface area contributed by atoms with Crippen molar-refractivity contribution >= 4 is 22.9 Å². The van der Waals surface area contributed by atoms with Crippen LogP contribution in [0.1, 0.15) is 34.1 Å². The summed E-state index contributed by atoms with van der Waals surface area (Å²) < 4.78 is 0. The molecule has 1 unspecified atom stereocenters. The number of likely N-dealkylation sites (tertiary alicyclic amines) is 1. The molecular formula is C17H19N3O4S. The number of nitrogens with zero attached hydrogens (tertiary/aromatic N) is 2. The first-order valence-electron chi connectivity index (χ1n) is 8.09. The summed E-state index contributed by atoms with van der Waals surface area (Å²) in [6.45, 7) is 2.48. The van der Waals surface area contributed by atoms with Crippen molar-refractivity contribution in [3.63, 3.8) is 0 Å². The second-order valence-corrected chi connectivity index (χ2v) is 6.92. The zero-order valence-corrected chi connectivity index (χ0v) is 14.4. The Morgan fingerprint density at radius 1 is 1.36 bits per heavy atom. The lowest BCUT2D eigenvalue weighted by Crippen LogP contribution is -2.36. The standard InChI is InChI=1S/C17H19N3O4S/c21-15-10-12(5-6-13(15)20(23)24)17(22)18-11-14(16-4-3-9-25-16)19-7-1-2-8-19/h3-6,9-10,14,21H,1-2,7-8,11H2,(H,18,22). The molecule has 2 N–H and O–H groups in total. The van der Waals surface area contributed by atoms with Gasteiger partial charge in [0.25, 0.3) is 5.91 Å². The Bertz CT molecular complexity index is 757. The smallest absolute Gasteiger partial charge is 0.310 e. The summed E-state index contributed by atoms with van der Waals surface area (Å²) in [5, 5.41) is 25.3. The summed E-state index contributed by atoms with van der Waals surface area (Å²) in [7, 11) is 0. The SMILES string of the molecule is O=C(NCC(c1cccs1)N1CCCC1)c1ccc([N+](=O)[O-])c(O)c1. The molecule has 1 aromatic heterocycles. The molecule has 0 aliphatic carbocycles. The van der Waals surface area contributed by atoms with E-state index in [0.29, 0.717) is 6.54 Å². The number of aromatic hydroxyl groups is 1. The van der Waals surface area contributed by atoms with Crippen molar-refractivity contribution in [2.24, 2.45) is 0 Å². The Hall–Kier alpha value is -2.45. The van der Waals surface area contributed by atoms with Crippen LogP contribution in [0.15, 0.2) is 35.7 Å². The first-order chi connectivity index (χ1) is 12.1. The van der Waals surface area contributed by atoms with Crippen molar-refractivity contribution < 1.29 is 14.8 Å². The monoisotopic (exact) mass is 361 g/mol.